The lowest BCUT2D eigenvalue weighted by Crippen LogP contribution is -2.30. The van der Waals surface area contributed by atoms with Gasteiger partial charge < -0.3 is 26.0 Å². The summed E-state index contributed by atoms with van der Waals surface area (Å²) in [6.45, 7) is 3.99. The Morgan fingerprint density at radius 3 is 2.74 bits per heavy atom. The van der Waals surface area contributed by atoms with E-state index in [0.717, 1.165) is 64.3 Å². The van der Waals surface area contributed by atoms with Gasteiger partial charge in [0.15, 0.2) is 5.82 Å². The molecule has 0 spiro atoms. The molecule has 0 saturated carbocycles. The van der Waals surface area contributed by atoms with Crippen LogP contribution in [0.4, 0.5) is 11.5 Å². The third-order valence-corrected chi connectivity index (χ3v) is 6.48. The second-order valence-corrected chi connectivity index (χ2v) is 8.84. The molecule has 0 amide bonds. The maximum absolute atomic E-state index is 9.52. The summed E-state index contributed by atoms with van der Waals surface area (Å²) in [7, 11) is 0.576. The molecule has 1 aliphatic rings. The van der Waals surface area contributed by atoms with Crippen molar-refractivity contribution in [2.24, 2.45) is 5.73 Å². The van der Waals surface area contributed by atoms with E-state index < -0.39 is 7.12 Å². The van der Waals surface area contributed by atoms with Crippen molar-refractivity contribution in [2.45, 2.75) is 32.9 Å². The highest BCUT2D eigenvalue weighted by Crippen LogP contribution is 2.34. The number of benzene rings is 2. The van der Waals surface area contributed by atoms with Crippen molar-refractivity contribution < 1.29 is 10.0 Å². The van der Waals surface area contributed by atoms with Crippen molar-refractivity contribution in [3.63, 3.8) is 0 Å². The van der Waals surface area contributed by atoms with Crippen LogP contribution in [-0.4, -0.2) is 45.3 Å². The van der Waals surface area contributed by atoms with Crippen LogP contribution in [0.25, 0.3) is 16.9 Å². The first-order chi connectivity index (χ1) is 16.5. The highest BCUT2D eigenvalue weighted by atomic mass is 16.4. The number of aromatic nitrogens is 3. The fourth-order valence-electron chi connectivity index (χ4n) is 4.80. The molecule has 5 N–H and O–H groups in total. The summed E-state index contributed by atoms with van der Waals surface area (Å²) < 4.78 is 2.09. The molecule has 3 heterocycles. The van der Waals surface area contributed by atoms with E-state index in [9.17, 15) is 10.0 Å². The number of hydrogen-bond donors (Lipinski definition) is 4. The Morgan fingerprint density at radius 1 is 1.12 bits per heavy atom. The second kappa shape index (κ2) is 9.10. The Morgan fingerprint density at radius 2 is 1.94 bits per heavy atom. The van der Waals surface area contributed by atoms with Gasteiger partial charge in [-0.25, -0.2) is 4.98 Å². The van der Waals surface area contributed by atoms with Crippen LogP contribution in [0, 0.1) is 6.92 Å². The van der Waals surface area contributed by atoms with Gasteiger partial charge in [-0.1, -0.05) is 36.4 Å². The topological polar surface area (TPSA) is 112 Å². The van der Waals surface area contributed by atoms with Gasteiger partial charge in [-0.3, -0.25) is 4.57 Å². The second-order valence-electron chi connectivity index (χ2n) is 8.84. The predicted molar refractivity (Wildman–Crippen MR) is 137 cm³/mol. The van der Waals surface area contributed by atoms with Crippen molar-refractivity contribution >= 4 is 35.0 Å². The minimum Gasteiger partial charge on any atom is -0.423 e. The number of nitrogens with one attached hydrogen (secondary N) is 1. The van der Waals surface area contributed by atoms with Crippen LogP contribution in [0.2, 0.25) is 0 Å². The zero-order valence-electron chi connectivity index (χ0n) is 19.5. The van der Waals surface area contributed by atoms with E-state index in [4.69, 9.17) is 15.7 Å². The Bertz CT molecular complexity index is 1350. The van der Waals surface area contributed by atoms with Crippen LogP contribution in [0.3, 0.4) is 0 Å². The van der Waals surface area contributed by atoms with Crippen LogP contribution in [-0.2, 0) is 19.5 Å². The molecule has 9 heteroatoms. The molecule has 2 aromatic carbocycles. The number of rotatable bonds is 6. The third kappa shape index (κ3) is 4.02. The maximum Gasteiger partial charge on any atom is 0.488 e. The smallest absolute Gasteiger partial charge is 0.423 e. The van der Waals surface area contributed by atoms with Crippen LogP contribution < -0.4 is 21.4 Å². The number of fused-ring (bicyclic) bond motifs is 2. The lowest BCUT2D eigenvalue weighted by Gasteiger charge is -2.29. The van der Waals surface area contributed by atoms with Gasteiger partial charge in [0.1, 0.15) is 5.69 Å². The Hall–Kier alpha value is -3.40. The Balaban J connectivity index is 1.59. The van der Waals surface area contributed by atoms with Gasteiger partial charge >= 0.3 is 7.12 Å². The van der Waals surface area contributed by atoms with E-state index in [0.29, 0.717) is 24.5 Å². The van der Waals surface area contributed by atoms with E-state index in [-0.39, 0.29) is 0 Å². The number of aryl methyl sites for hydroxylation is 2. The zero-order valence-corrected chi connectivity index (χ0v) is 19.5. The minimum atomic E-state index is -1.49. The molecule has 0 unspecified atom stereocenters. The van der Waals surface area contributed by atoms with E-state index in [1.165, 1.54) is 0 Å². The van der Waals surface area contributed by atoms with Crippen molar-refractivity contribution in [3.05, 3.63) is 71.0 Å². The molecular weight excluding hydrogens is 427 g/mol. The standard InChI is InChI=1S/C25H29BN6O2/c1-16-12-20-18(14-27)7-4-10-22(20)32(16)25-29-21-9-5-11-31(2)23(21)24(30-25)28-15-17-6-3-8-19(13-17)26(33)34/h3-4,6-8,10,12-13,33-34H,5,9,11,14-15,27H2,1-2H3,(H,28,29,30). The van der Waals surface area contributed by atoms with E-state index in [2.05, 4.69) is 47.0 Å². The Kier molecular flexibility index (Phi) is 5.99. The van der Waals surface area contributed by atoms with E-state index >= 15 is 0 Å². The average Bonchev–Trinajstić information content (AvgIpc) is 3.18. The summed E-state index contributed by atoms with van der Waals surface area (Å²) in [4.78, 5) is 12.2. The number of nitrogens with zero attached hydrogens (tertiary/aromatic N) is 4. The predicted octanol–water partition coefficient (Wildman–Crippen LogP) is 1.86. The summed E-state index contributed by atoms with van der Waals surface area (Å²) in [5.74, 6) is 1.41. The molecule has 0 bridgehead atoms. The zero-order chi connectivity index (χ0) is 23.8. The molecule has 5 rings (SSSR count). The first-order valence-corrected chi connectivity index (χ1v) is 11.6. The van der Waals surface area contributed by atoms with Gasteiger partial charge in [-0.2, -0.15) is 4.98 Å². The highest BCUT2D eigenvalue weighted by molar-refractivity contribution is 6.58. The molecule has 4 aromatic rings. The largest absolute Gasteiger partial charge is 0.488 e. The van der Waals surface area contributed by atoms with Gasteiger partial charge in [-0.15, -0.1) is 0 Å². The van der Waals surface area contributed by atoms with Gasteiger partial charge in [0.05, 0.1) is 11.2 Å². The molecule has 0 saturated heterocycles. The molecule has 0 atom stereocenters. The van der Waals surface area contributed by atoms with Crippen molar-refractivity contribution in [3.8, 4) is 5.95 Å². The minimum absolute atomic E-state index is 0.465. The lowest BCUT2D eigenvalue weighted by molar-refractivity contribution is 0.425. The normalized spacial score (nSPS) is 13.3. The van der Waals surface area contributed by atoms with Gasteiger partial charge in [0, 0.05) is 37.8 Å². The molecule has 2 aromatic heterocycles. The molecule has 174 valence electrons. The number of hydrogen-bond acceptors (Lipinski definition) is 7. The van der Waals surface area contributed by atoms with Crippen LogP contribution in [0.15, 0.2) is 48.5 Å². The summed E-state index contributed by atoms with van der Waals surface area (Å²) >= 11 is 0. The number of anilines is 2. The maximum atomic E-state index is 9.52. The molecule has 0 fully saturated rings. The van der Waals surface area contributed by atoms with Crippen molar-refractivity contribution in [1.29, 1.82) is 0 Å². The SMILES string of the molecule is Cc1cc2c(CN)cccc2n1-c1nc2c(c(NCc3cccc(B(O)O)c3)n1)N(C)CCC2. The summed E-state index contributed by atoms with van der Waals surface area (Å²) in [6, 6.07) is 15.6. The summed E-state index contributed by atoms with van der Waals surface area (Å²) in [5.41, 5.74) is 12.6. The molecule has 0 aliphatic carbocycles. The van der Waals surface area contributed by atoms with Crippen molar-refractivity contribution in [1.82, 2.24) is 14.5 Å². The van der Waals surface area contributed by atoms with Crippen LogP contribution >= 0.6 is 0 Å². The lowest BCUT2D eigenvalue weighted by atomic mass is 9.80. The Labute approximate surface area is 199 Å². The molecule has 0 radical (unpaired) electrons. The quantitative estimate of drug-likeness (QED) is 0.328. The number of nitrogens with two attached hydrogens (primary N) is 1. The monoisotopic (exact) mass is 456 g/mol. The first-order valence-electron chi connectivity index (χ1n) is 11.6. The highest BCUT2D eigenvalue weighted by Gasteiger charge is 2.23. The molecular formula is C25H29BN6O2. The molecule has 34 heavy (non-hydrogen) atoms. The van der Waals surface area contributed by atoms with Gasteiger partial charge in [-0.05, 0) is 48.5 Å². The average molecular weight is 456 g/mol. The van der Waals surface area contributed by atoms with Gasteiger partial charge in [0.25, 0.3) is 0 Å². The summed E-state index contributed by atoms with van der Waals surface area (Å²) in [5, 5.41) is 23.6. The third-order valence-electron chi connectivity index (χ3n) is 6.48. The fraction of sp³-hybridized carbons (Fsp3) is 0.280. The summed E-state index contributed by atoms with van der Waals surface area (Å²) in [6.07, 6.45) is 1.93. The van der Waals surface area contributed by atoms with Crippen LogP contribution in [0.1, 0.15) is 28.9 Å². The van der Waals surface area contributed by atoms with E-state index in [1.54, 1.807) is 12.1 Å². The molecule has 8 nitrogen and oxygen atoms in total. The van der Waals surface area contributed by atoms with Crippen LogP contribution in [0.5, 0.6) is 0 Å². The van der Waals surface area contributed by atoms with Gasteiger partial charge in [0.2, 0.25) is 5.95 Å². The van der Waals surface area contributed by atoms with Crippen molar-refractivity contribution in [2.75, 3.05) is 23.8 Å². The fourth-order valence-corrected chi connectivity index (χ4v) is 4.80. The first kappa shape index (κ1) is 22.4. The molecule has 1 aliphatic heterocycles. The van der Waals surface area contributed by atoms with E-state index in [1.807, 2.05) is 18.2 Å².